The Bertz CT molecular complexity index is 384. The summed E-state index contributed by atoms with van der Waals surface area (Å²) in [5.41, 5.74) is 0.126. The molecule has 0 radical (unpaired) electrons. The number of pyridine rings is 1. The van der Waals surface area contributed by atoms with Crippen LogP contribution in [0.4, 0.5) is 8.78 Å². The predicted molar refractivity (Wildman–Crippen MR) is 56.8 cm³/mol. The van der Waals surface area contributed by atoms with Gasteiger partial charge in [-0.05, 0) is 47.2 Å². The van der Waals surface area contributed by atoms with Crippen LogP contribution < -0.4 is 0 Å². The minimum absolute atomic E-state index is 0.0300. The molecule has 2 nitrogen and oxygen atoms in total. The second kappa shape index (κ2) is 4.48. The van der Waals surface area contributed by atoms with E-state index in [0.29, 0.717) is 5.69 Å². The van der Waals surface area contributed by atoms with Crippen LogP contribution in [0.15, 0.2) is 6.07 Å². The molecule has 0 aliphatic carbocycles. The molecule has 0 unspecified atom stereocenters. The number of nitrogens with zero attached hydrogens (tertiary/aromatic N) is 1. The van der Waals surface area contributed by atoms with Crippen LogP contribution in [-0.4, -0.2) is 10.2 Å². The van der Waals surface area contributed by atoms with Crippen molar-refractivity contribution >= 4 is 39.4 Å². The summed E-state index contributed by atoms with van der Waals surface area (Å²) in [6, 6.07) is 1.09. The van der Waals surface area contributed by atoms with E-state index in [1.54, 1.807) is 29.5 Å². The number of halogens is 4. The highest BCUT2D eigenvalue weighted by molar-refractivity contribution is 14.1. The fraction of sp³-hybridized carbons (Fsp3) is 0.250. The number of aromatic nitrogens is 1. The smallest absolute Gasteiger partial charge is 0.266 e. The largest absolute Gasteiger partial charge is 0.276 e. The summed E-state index contributed by atoms with van der Waals surface area (Å²) in [7, 11) is 0. The highest BCUT2D eigenvalue weighted by Crippen LogP contribution is 2.25. The van der Waals surface area contributed by atoms with Crippen LogP contribution in [-0.2, 0) is 0 Å². The molecule has 6 heteroatoms. The van der Waals surface area contributed by atoms with Crippen LogP contribution in [0.1, 0.15) is 28.0 Å². The van der Waals surface area contributed by atoms with Crippen molar-refractivity contribution in [1.82, 2.24) is 4.98 Å². The molecule has 0 fully saturated rings. The van der Waals surface area contributed by atoms with Gasteiger partial charge in [0.15, 0.2) is 0 Å². The molecular weight excluding hydrogens is 326 g/mol. The van der Waals surface area contributed by atoms with Crippen molar-refractivity contribution < 1.29 is 13.6 Å². The summed E-state index contributed by atoms with van der Waals surface area (Å²) in [6.45, 7) is 1.55. The highest BCUT2D eigenvalue weighted by Gasteiger charge is 2.17. The first-order valence-electron chi connectivity index (χ1n) is 3.58. The maximum atomic E-state index is 12.4. The SMILES string of the molecule is Cc1nc(I)c(C(F)F)cc1C(=O)Cl. The lowest BCUT2D eigenvalue weighted by Gasteiger charge is -2.06. The Morgan fingerprint density at radius 3 is 2.64 bits per heavy atom. The molecular formula is C8H5ClF2INO. The summed E-state index contributed by atoms with van der Waals surface area (Å²) < 4.78 is 25.0. The van der Waals surface area contributed by atoms with Crippen molar-refractivity contribution in [2.45, 2.75) is 13.3 Å². The molecule has 76 valence electrons. The summed E-state index contributed by atoms with van der Waals surface area (Å²) in [5.74, 6) is 0. The Morgan fingerprint density at radius 1 is 1.64 bits per heavy atom. The highest BCUT2D eigenvalue weighted by atomic mass is 127. The number of hydrogen-bond donors (Lipinski definition) is 0. The average molecular weight is 331 g/mol. The third-order valence-electron chi connectivity index (χ3n) is 1.64. The molecule has 0 amide bonds. The van der Waals surface area contributed by atoms with E-state index in [4.69, 9.17) is 11.6 Å². The van der Waals surface area contributed by atoms with E-state index < -0.39 is 11.7 Å². The fourth-order valence-electron chi connectivity index (χ4n) is 0.944. The Balaban J connectivity index is 3.34. The lowest BCUT2D eigenvalue weighted by atomic mass is 10.1. The molecule has 0 N–H and O–H groups in total. The molecule has 0 saturated carbocycles. The Kier molecular flexibility index (Phi) is 3.77. The molecule has 0 atom stereocenters. The topological polar surface area (TPSA) is 30.0 Å². The van der Waals surface area contributed by atoms with Gasteiger partial charge in [-0.3, -0.25) is 4.79 Å². The first kappa shape index (κ1) is 11.8. The fourth-order valence-corrected chi connectivity index (χ4v) is 1.89. The zero-order valence-corrected chi connectivity index (χ0v) is 9.94. The molecule has 0 bridgehead atoms. The van der Waals surface area contributed by atoms with Crippen molar-refractivity contribution in [3.63, 3.8) is 0 Å². The number of hydrogen-bond acceptors (Lipinski definition) is 2. The van der Waals surface area contributed by atoms with Crippen molar-refractivity contribution in [3.8, 4) is 0 Å². The summed E-state index contributed by atoms with van der Waals surface area (Å²) >= 11 is 6.91. The van der Waals surface area contributed by atoms with Gasteiger partial charge in [-0.1, -0.05) is 0 Å². The maximum Gasteiger partial charge on any atom is 0.266 e. The second-order valence-corrected chi connectivity index (χ2v) is 3.94. The van der Waals surface area contributed by atoms with E-state index in [1.165, 1.54) is 0 Å². The molecule has 1 heterocycles. The first-order valence-corrected chi connectivity index (χ1v) is 5.04. The van der Waals surface area contributed by atoms with Crippen LogP contribution >= 0.6 is 34.2 Å². The van der Waals surface area contributed by atoms with E-state index in [2.05, 4.69) is 4.98 Å². The van der Waals surface area contributed by atoms with Gasteiger partial charge in [0.05, 0.1) is 16.8 Å². The quantitative estimate of drug-likeness (QED) is 0.473. The zero-order valence-electron chi connectivity index (χ0n) is 7.02. The van der Waals surface area contributed by atoms with Crippen LogP contribution in [0, 0.1) is 10.6 Å². The number of rotatable bonds is 2. The molecule has 1 rings (SSSR count). The van der Waals surface area contributed by atoms with Crippen LogP contribution in [0.3, 0.4) is 0 Å². The zero-order chi connectivity index (χ0) is 10.9. The average Bonchev–Trinajstić information content (AvgIpc) is 2.02. The number of carbonyl (C=O) groups excluding carboxylic acids is 1. The minimum Gasteiger partial charge on any atom is -0.276 e. The lowest BCUT2D eigenvalue weighted by Crippen LogP contribution is -2.03. The molecule has 1 aromatic rings. The number of alkyl halides is 2. The van der Waals surface area contributed by atoms with Crippen LogP contribution in [0.25, 0.3) is 0 Å². The third-order valence-corrected chi connectivity index (χ3v) is 2.71. The third kappa shape index (κ3) is 2.38. The minimum atomic E-state index is -2.65. The van der Waals surface area contributed by atoms with Gasteiger partial charge in [0.2, 0.25) is 0 Å². The van der Waals surface area contributed by atoms with Gasteiger partial charge in [0, 0.05) is 0 Å². The molecule has 0 spiro atoms. The van der Waals surface area contributed by atoms with E-state index in [1.807, 2.05) is 0 Å². The monoisotopic (exact) mass is 331 g/mol. The van der Waals surface area contributed by atoms with Gasteiger partial charge in [0.1, 0.15) is 3.70 Å². The molecule has 0 aliphatic rings. The van der Waals surface area contributed by atoms with Crippen LogP contribution in [0.5, 0.6) is 0 Å². The lowest BCUT2D eigenvalue weighted by molar-refractivity contribution is 0.107. The van der Waals surface area contributed by atoms with Gasteiger partial charge in [-0.25, -0.2) is 13.8 Å². The molecule has 0 aromatic carbocycles. The van der Waals surface area contributed by atoms with Crippen LogP contribution in [0.2, 0.25) is 0 Å². The maximum absolute atomic E-state index is 12.4. The second-order valence-electron chi connectivity index (χ2n) is 2.58. The Hall–Kier alpha value is -0.300. The van der Waals surface area contributed by atoms with Gasteiger partial charge < -0.3 is 0 Å². The van der Waals surface area contributed by atoms with Gasteiger partial charge in [-0.2, -0.15) is 0 Å². The predicted octanol–water partition coefficient (Wildman–Crippen LogP) is 3.31. The van der Waals surface area contributed by atoms with E-state index in [0.717, 1.165) is 6.07 Å². The van der Waals surface area contributed by atoms with Crippen molar-refractivity contribution in [3.05, 3.63) is 26.6 Å². The standard InChI is InChI=1S/C8H5ClF2INO/c1-3-4(6(9)14)2-5(7(10)11)8(12)13-3/h2,7H,1H3. The molecule has 0 aliphatic heterocycles. The van der Waals surface area contributed by atoms with Gasteiger partial charge in [-0.15, -0.1) is 0 Å². The van der Waals surface area contributed by atoms with E-state index in [9.17, 15) is 13.6 Å². The Labute approximate surface area is 97.8 Å². The Morgan fingerprint density at radius 2 is 2.21 bits per heavy atom. The van der Waals surface area contributed by atoms with Crippen molar-refractivity contribution in [1.29, 1.82) is 0 Å². The van der Waals surface area contributed by atoms with Crippen molar-refractivity contribution in [2.75, 3.05) is 0 Å². The van der Waals surface area contributed by atoms with E-state index >= 15 is 0 Å². The van der Waals surface area contributed by atoms with Gasteiger partial charge in [0.25, 0.3) is 11.7 Å². The molecule has 1 aromatic heterocycles. The summed E-state index contributed by atoms with van der Waals surface area (Å²) in [6.07, 6.45) is -2.65. The normalized spacial score (nSPS) is 10.7. The molecule has 0 saturated heterocycles. The summed E-state index contributed by atoms with van der Waals surface area (Å²) in [5, 5.41) is -0.770. The summed E-state index contributed by atoms with van der Waals surface area (Å²) in [4.78, 5) is 14.6. The van der Waals surface area contributed by atoms with Gasteiger partial charge >= 0.3 is 0 Å². The number of carbonyl (C=O) groups is 1. The van der Waals surface area contributed by atoms with E-state index in [-0.39, 0.29) is 14.8 Å². The van der Waals surface area contributed by atoms with Crippen molar-refractivity contribution in [2.24, 2.45) is 0 Å². The first-order chi connectivity index (χ1) is 6.43. The number of aryl methyl sites for hydroxylation is 1. The molecule has 14 heavy (non-hydrogen) atoms.